The van der Waals surface area contributed by atoms with E-state index in [0.29, 0.717) is 6.04 Å². The van der Waals surface area contributed by atoms with Gasteiger partial charge in [0.2, 0.25) is 0 Å². The first-order chi connectivity index (χ1) is 5.75. The largest absolute Gasteiger partial charge is 0.338 e. The molecular formula is C9H18N2O. The second-order valence-electron chi connectivity index (χ2n) is 3.43. The van der Waals surface area contributed by atoms with E-state index < -0.39 is 0 Å². The summed E-state index contributed by atoms with van der Waals surface area (Å²) in [4.78, 5) is 13.1. The van der Waals surface area contributed by atoms with Crippen LogP contribution in [0.1, 0.15) is 32.6 Å². The van der Waals surface area contributed by atoms with Gasteiger partial charge in [0.1, 0.15) is 0 Å². The molecule has 0 spiro atoms. The van der Waals surface area contributed by atoms with Gasteiger partial charge in [0.25, 0.3) is 0 Å². The van der Waals surface area contributed by atoms with Gasteiger partial charge in [-0.15, -0.1) is 0 Å². The Morgan fingerprint density at radius 2 is 2.25 bits per heavy atom. The standard InChI is InChI=1S/C9H18N2O/c1-3-4-7-10-9(12)11(2)8-5-6-8/h8H,3-7H2,1-2H3,(H,10,12). The second kappa shape index (κ2) is 4.33. The van der Waals surface area contributed by atoms with Gasteiger partial charge in [-0.2, -0.15) is 0 Å². The van der Waals surface area contributed by atoms with Gasteiger partial charge in [-0.3, -0.25) is 0 Å². The molecule has 0 aromatic carbocycles. The van der Waals surface area contributed by atoms with Crippen LogP contribution in [0.4, 0.5) is 4.79 Å². The van der Waals surface area contributed by atoms with Gasteiger partial charge in [0, 0.05) is 19.6 Å². The van der Waals surface area contributed by atoms with E-state index in [1.807, 2.05) is 11.9 Å². The molecule has 0 atom stereocenters. The van der Waals surface area contributed by atoms with Crippen molar-refractivity contribution in [2.45, 2.75) is 38.6 Å². The highest BCUT2D eigenvalue weighted by Gasteiger charge is 2.29. The van der Waals surface area contributed by atoms with Crippen LogP contribution >= 0.6 is 0 Å². The smallest absolute Gasteiger partial charge is 0.317 e. The summed E-state index contributed by atoms with van der Waals surface area (Å²) in [5.41, 5.74) is 0. The maximum Gasteiger partial charge on any atom is 0.317 e. The first kappa shape index (κ1) is 9.36. The van der Waals surface area contributed by atoms with E-state index in [0.717, 1.165) is 19.4 Å². The second-order valence-corrected chi connectivity index (χ2v) is 3.43. The Morgan fingerprint density at radius 1 is 1.58 bits per heavy atom. The Kier molecular flexibility index (Phi) is 3.38. The van der Waals surface area contributed by atoms with Crippen molar-refractivity contribution in [3.63, 3.8) is 0 Å². The molecule has 0 bridgehead atoms. The van der Waals surface area contributed by atoms with Gasteiger partial charge >= 0.3 is 6.03 Å². The van der Waals surface area contributed by atoms with Crippen LogP contribution in [-0.4, -0.2) is 30.6 Å². The van der Waals surface area contributed by atoms with Gasteiger partial charge in [-0.25, -0.2) is 4.79 Å². The molecule has 1 aliphatic carbocycles. The lowest BCUT2D eigenvalue weighted by Crippen LogP contribution is -2.38. The number of hydrogen-bond donors (Lipinski definition) is 1. The zero-order chi connectivity index (χ0) is 8.97. The number of nitrogens with zero attached hydrogens (tertiary/aromatic N) is 1. The lowest BCUT2D eigenvalue weighted by molar-refractivity contribution is 0.206. The number of rotatable bonds is 4. The van der Waals surface area contributed by atoms with Crippen molar-refractivity contribution in [2.24, 2.45) is 0 Å². The van der Waals surface area contributed by atoms with Gasteiger partial charge in [0.15, 0.2) is 0 Å². The molecule has 0 unspecified atom stereocenters. The number of amides is 2. The van der Waals surface area contributed by atoms with Gasteiger partial charge in [-0.05, 0) is 19.3 Å². The Labute approximate surface area is 74.1 Å². The van der Waals surface area contributed by atoms with E-state index in [-0.39, 0.29) is 6.03 Å². The Morgan fingerprint density at radius 3 is 2.75 bits per heavy atom. The number of nitrogens with one attached hydrogen (secondary N) is 1. The number of hydrogen-bond acceptors (Lipinski definition) is 1. The SMILES string of the molecule is CCCCNC(=O)N(C)C1CC1. The molecule has 0 radical (unpaired) electrons. The summed E-state index contributed by atoms with van der Waals surface area (Å²) < 4.78 is 0. The van der Waals surface area contributed by atoms with E-state index in [1.165, 1.54) is 12.8 Å². The van der Waals surface area contributed by atoms with Crippen molar-refractivity contribution in [3.8, 4) is 0 Å². The first-order valence-corrected chi connectivity index (χ1v) is 4.76. The molecule has 1 aliphatic rings. The normalized spacial score (nSPS) is 15.8. The number of carbonyl (C=O) groups is 1. The van der Waals surface area contributed by atoms with Crippen molar-refractivity contribution >= 4 is 6.03 Å². The summed E-state index contributed by atoms with van der Waals surface area (Å²) >= 11 is 0. The molecule has 3 nitrogen and oxygen atoms in total. The fourth-order valence-corrected chi connectivity index (χ4v) is 1.12. The molecule has 1 rings (SSSR count). The quantitative estimate of drug-likeness (QED) is 0.638. The van der Waals surface area contributed by atoms with Crippen molar-refractivity contribution in [2.75, 3.05) is 13.6 Å². The van der Waals surface area contributed by atoms with Crippen molar-refractivity contribution in [1.82, 2.24) is 10.2 Å². The molecule has 12 heavy (non-hydrogen) atoms. The minimum Gasteiger partial charge on any atom is -0.338 e. The highest BCUT2D eigenvalue weighted by Crippen LogP contribution is 2.24. The summed E-state index contributed by atoms with van der Waals surface area (Å²) in [6.07, 6.45) is 4.56. The van der Waals surface area contributed by atoms with E-state index >= 15 is 0 Å². The van der Waals surface area contributed by atoms with Crippen LogP contribution < -0.4 is 5.32 Å². The first-order valence-electron chi connectivity index (χ1n) is 4.76. The highest BCUT2D eigenvalue weighted by molar-refractivity contribution is 5.74. The molecule has 3 heteroatoms. The minimum absolute atomic E-state index is 0.0888. The molecule has 0 heterocycles. The topological polar surface area (TPSA) is 32.3 Å². The molecule has 70 valence electrons. The molecular weight excluding hydrogens is 152 g/mol. The van der Waals surface area contributed by atoms with Crippen LogP contribution in [0.25, 0.3) is 0 Å². The summed E-state index contributed by atoms with van der Waals surface area (Å²) in [5, 5.41) is 2.89. The molecule has 0 aromatic rings. The fraction of sp³-hybridized carbons (Fsp3) is 0.889. The zero-order valence-corrected chi connectivity index (χ0v) is 7.97. The van der Waals surface area contributed by atoms with Crippen molar-refractivity contribution < 1.29 is 4.79 Å². The summed E-state index contributed by atoms with van der Waals surface area (Å²) in [6.45, 7) is 2.93. The van der Waals surface area contributed by atoms with Crippen LogP contribution in [0.15, 0.2) is 0 Å². The van der Waals surface area contributed by atoms with E-state index in [2.05, 4.69) is 12.2 Å². The fourth-order valence-electron chi connectivity index (χ4n) is 1.12. The van der Waals surface area contributed by atoms with Crippen molar-refractivity contribution in [1.29, 1.82) is 0 Å². The third kappa shape index (κ3) is 2.72. The molecule has 1 N–H and O–H groups in total. The van der Waals surface area contributed by atoms with Crippen LogP contribution in [0.3, 0.4) is 0 Å². The summed E-state index contributed by atoms with van der Waals surface area (Å²) in [7, 11) is 1.87. The van der Waals surface area contributed by atoms with Crippen molar-refractivity contribution in [3.05, 3.63) is 0 Å². The highest BCUT2D eigenvalue weighted by atomic mass is 16.2. The molecule has 0 saturated heterocycles. The average Bonchev–Trinajstić information content (AvgIpc) is 2.86. The average molecular weight is 170 g/mol. The number of carbonyl (C=O) groups excluding carboxylic acids is 1. The Bertz CT molecular complexity index is 155. The third-order valence-corrected chi connectivity index (χ3v) is 2.22. The van der Waals surface area contributed by atoms with Gasteiger partial charge in [-0.1, -0.05) is 13.3 Å². The minimum atomic E-state index is 0.0888. The maximum absolute atomic E-state index is 11.3. The molecule has 2 amide bonds. The number of unbranched alkanes of at least 4 members (excludes halogenated alkanes) is 1. The van der Waals surface area contributed by atoms with E-state index in [4.69, 9.17) is 0 Å². The maximum atomic E-state index is 11.3. The van der Waals surface area contributed by atoms with Gasteiger partial charge < -0.3 is 10.2 Å². The summed E-state index contributed by atoms with van der Waals surface area (Å²) in [6, 6.07) is 0.609. The molecule has 0 aromatic heterocycles. The Balaban J connectivity index is 2.09. The van der Waals surface area contributed by atoms with E-state index in [9.17, 15) is 4.79 Å². The van der Waals surface area contributed by atoms with Crippen LogP contribution in [0.5, 0.6) is 0 Å². The van der Waals surface area contributed by atoms with E-state index in [1.54, 1.807) is 0 Å². The zero-order valence-electron chi connectivity index (χ0n) is 7.97. The lowest BCUT2D eigenvalue weighted by Gasteiger charge is -2.16. The number of urea groups is 1. The molecule has 1 saturated carbocycles. The Hall–Kier alpha value is -0.730. The molecule has 1 fully saturated rings. The predicted molar refractivity (Wildman–Crippen MR) is 49.1 cm³/mol. The van der Waals surface area contributed by atoms with Crippen LogP contribution in [0, 0.1) is 0 Å². The van der Waals surface area contributed by atoms with Crippen LogP contribution in [0.2, 0.25) is 0 Å². The molecule has 0 aliphatic heterocycles. The van der Waals surface area contributed by atoms with Crippen LogP contribution in [-0.2, 0) is 0 Å². The third-order valence-electron chi connectivity index (χ3n) is 2.22. The lowest BCUT2D eigenvalue weighted by atomic mass is 10.3. The predicted octanol–water partition coefficient (Wildman–Crippen LogP) is 1.59. The van der Waals surface area contributed by atoms with Gasteiger partial charge in [0.05, 0.1) is 0 Å². The monoisotopic (exact) mass is 170 g/mol. The summed E-state index contributed by atoms with van der Waals surface area (Å²) in [5.74, 6) is 0.